The molecule has 0 radical (unpaired) electrons. The Bertz CT molecular complexity index is 776. The summed E-state index contributed by atoms with van der Waals surface area (Å²) in [5, 5.41) is 0. The minimum absolute atomic E-state index is 0.0624. The van der Waals surface area contributed by atoms with E-state index in [4.69, 9.17) is 0 Å². The first-order valence-electron chi connectivity index (χ1n) is 8.95. The highest BCUT2D eigenvalue weighted by Gasteiger charge is 2.54. The molecule has 3 atom stereocenters. The maximum atomic E-state index is 14.5. The van der Waals surface area contributed by atoms with Gasteiger partial charge in [-0.1, -0.05) is 12.1 Å². The summed E-state index contributed by atoms with van der Waals surface area (Å²) in [5.74, 6) is -0.261. The number of anilines is 1. The molecule has 4 fully saturated rings. The maximum absolute atomic E-state index is 14.5. The molecule has 2 bridgehead atoms. The number of aromatic nitrogens is 2. The predicted molar refractivity (Wildman–Crippen MR) is 90.4 cm³/mol. The van der Waals surface area contributed by atoms with Gasteiger partial charge >= 0.3 is 0 Å². The zero-order valence-corrected chi connectivity index (χ0v) is 13.9. The number of benzene rings is 1. The van der Waals surface area contributed by atoms with E-state index in [0.29, 0.717) is 24.0 Å². The molecular weight excluding hydrogens is 322 g/mol. The summed E-state index contributed by atoms with van der Waals surface area (Å²) in [6.07, 6.45) is 5.80. The molecule has 4 aliphatic heterocycles. The molecule has 6 rings (SSSR count). The van der Waals surface area contributed by atoms with Gasteiger partial charge < -0.3 is 4.90 Å². The van der Waals surface area contributed by atoms with Gasteiger partial charge in [0.05, 0.1) is 6.04 Å². The van der Waals surface area contributed by atoms with Gasteiger partial charge in [-0.3, -0.25) is 4.90 Å². The molecule has 2 aromatic rings. The molecule has 4 nitrogen and oxygen atoms in total. The molecule has 6 heteroatoms. The van der Waals surface area contributed by atoms with Crippen LogP contribution in [0, 0.1) is 17.6 Å². The summed E-state index contributed by atoms with van der Waals surface area (Å²) < 4.78 is 28.4. The number of hydrogen-bond donors (Lipinski definition) is 0. The Hall–Kier alpha value is -2.08. The second-order valence-corrected chi connectivity index (χ2v) is 7.31. The van der Waals surface area contributed by atoms with Crippen molar-refractivity contribution < 1.29 is 8.78 Å². The lowest BCUT2D eigenvalue weighted by molar-refractivity contribution is 0.0348. The van der Waals surface area contributed by atoms with Gasteiger partial charge in [0.15, 0.2) is 11.6 Å². The van der Waals surface area contributed by atoms with Gasteiger partial charge in [0.2, 0.25) is 5.95 Å². The van der Waals surface area contributed by atoms with Gasteiger partial charge in [-0.15, -0.1) is 0 Å². The summed E-state index contributed by atoms with van der Waals surface area (Å²) in [4.78, 5) is 13.6. The highest BCUT2D eigenvalue weighted by atomic mass is 19.2. The molecule has 0 unspecified atom stereocenters. The number of piperidine rings is 3. The van der Waals surface area contributed by atoms with Crippen LogP contribution in [-0.4, -0.2) is 46.6 Å². The van der Waals surface area contributed by atoms with Crippen LogP contribution < -0.4 is 4.90 Å². The summed E-state index contributed by atoms with van der Waals surface area (Å²) in [6, 6.07) is 6.82. The van der Waals surface area contributed by atoms with E-state index in [1.54, 1.807) is 30.6 Å². The largest absolute Gasteiger partial charge is 0.335 e. The standard InChI is InChI=1S/C19H20F2N4/c20-15-4-1-3-13(16(15)21)14-11-25(19-22-7-2-8-23-19)17-12-5-9-24(10-6-12)18(14)17/h1-4,7-8,12,14,17-18H,5-6,9-11H2/t14-,17-,18-/m0/s1. The normalized spacial score (nSPS) is 33.5. The number of fused-ring (bicyclic) bond motifs is 2. The monoisotopic (exact) mass is 342 g/mol. The Kier molecular flexibility index (Phi) is 3.48. The zero-order chi connectivity index (χ0) is 17.0. The first kappa shape index (κ1) is 15.2. The molecule has 4 aliphatic rings. The first-order valence-corrected chi connectivity index (χ1v) is 8.95. The third-order valence-corrected chi connectivity index (χ3v) is 6.18. The highest BCUT2D eigenvalue weighted by molar-refractivity contribution is 5.42. The van der Waals surface area contributed by atoms with E-state index in [9.17, 15) is 8.78 Å². The quantitative estimate of drug-likeness (QED) is 0.840. The van der Waals surface area contributed by atoms with Crippen LogP contribution in [0.1, 0.15) is 24.3 Å². The van der Waals surface area contributed by atoms with Crippen molar-refractivity contribution >= 4 is 5.95 Å². The number of nitrogens with zero attached hydrogens (tertiary/aromatic N) is 4. The fourth-order valence-electron chi connectivity index (χ4n) is 5.17. The zero-order valence-electron chi connectivity index (χ0n) is 13.9. The van der Waals surface area contributed by atoms with Crippen LogP contribution in [-0.2, 0) is 0 Å². The van der Waals surface area contributed by atoms with E-state index < -0.39 is 11.6 Å². The Morgan fingerprint density at radius 2 is 1.72 bits per heavy atom. The van der Waals surface area contributed by atoms with Gasteiger partial charge in [0.1, 0.15) is 0 Å². The van der Waals surface area contributed by atoms with Crippen LogP contribution in [0.3, 0.4) is 0 Å². The SMILES string of the molecule is Fc1cccc([C@@H]2CN(c3ncccn3)[C@H]3C4CCN(CC4)[C@@H]23)c1F. The first-order chi connectivity index (χ1) is 12.2. The van der Waals surface area contributed by atoms with Gasteiger partial charge in [0, 0.05) is 30.9 Å². The molecule has 25 heavy (non-hydrogen) atoms. The summed E-state index contributed by atoms with van der Waals surface area (Å²) in [6.45, 7) is 2.72. The molecule has 0 spiro atoms. The predicted octanol–water partition coefficient (Wildman–Crippen LogP) is 2.82. The molecule has 5 heterocycles. The fourth-order valence-corrected chi connectivity index (χ4v) is 5.17. The second-order valence-electron chi connectivity index (χ2n) is 7.31. The molecule has 0 N–H and O–H groups in total. The topological polar surface area (TPSA) is 32.3 Å². The Morgan fingerprint density at radius 3 is 2.48 bits per heavy atom. The van der Waals surface area contributed by atoms with Crippen LogP contribution in [0.15, 0.2) is 36.7 Å². The van der Waals surface area contributed by atoms with E-state index in [2.05, 4.69) is 19.8 Å². The average molecular weight is 342 g/mol. The third-order valence-electron chi connectivity index (χ3n) is 6.18. The molecule has 1 aromatic carbocycles. The second kappa shape index (κ2) is 5.73. The minimum atomic E-state index is -0.764. The lowest BCUT2D eigenvalue weighted by atomic mass is 9.75. The van der Waals surface area contributed by atoms with Crippen molar-refractivity contribution in [3.63, 3.8) is 0 Å². The van der Waals surface area contributed by atoms with Crippen LogP contribution >= 0.6 is 0 Å². The molecule has 1 aromatic heterocycles. The van der Waals surface area contributed by atoms with Crippen molar-refractivity contribution in [2.24, 2.45) is 5.92 Å². The number of halogens is 2. The molecule has 0 amide bonds. The maximum Gasteiger partial charge on any atom is 0.225 e. The van der Waals surface area contributed by atoms with Crippen LogP contribution in [0.2, 0.25) is 0 Å². The summed E-state index contributed by atoms with van der Waals surface area (Å²) in [7, 11) is 0. The van der Waals surface area contributed by atoms with Crippen LogP contribution in [0.4, 0.5) is 14.7 Å². The molecule has 0 aliphatic carbocycles. The van der Waals surface area contributed by atoms with E-state index >= 15 is 0 Å². The third kappa shape index (κ3) is 2.27. The number of hydrogen-bond acceptors (Lipinski definition) is 4. The average Bonchev–Trinajstić information content (AvgIpc) is 3.08. The van der Waals surface area contributed by atoms with E-state index in [0.717, 1.165) is 25.9 Å². The van der Waals surface area contributed by atoms with Crippen LogP contribution in [0.25, 0.3) is 0 Å². The highest BCUT2D eigenvalue weighted by Crippen LogP contribution is 2.47. The van der Waals surface area contributed by atoms with Crippen molar-refractivity contribution in [2.75, 3.05) is 24.5 Å². The van der Waals surface area contributed by atoms with Crippen molar-refractivity contribution in [1.29, 1.82) is 0 Å². The minimum Gasteiger partial charge on any atom is -0.335 e. The smallest absolute Gasteiger partial charge is 0.225 e. The Morgan fingerprint density at radius 1 is 0.960 bits per heavy atom. The molecular formula is C19H20F2N4. The molecule has 130 valence electrons. The van der Waals surface area contributed by atoms with E-state index in [1.165, 1.54) is 6.07 Å². The van der Waals surface area contributed by atoms with E-state index in [1.807, 2.05) is 0 Å². The van der Waals surface area contributed by atoms with E-state index in [-0.39, 0.29) is 18.0 Å². The van der Waals surface area contributed by atoms with Gasteiger partial charge in [0.25, 0.3) is 0 Å². The summed E-state index contributed by atoms with van der Waals surface area (Å²) in [5.41, 5.74) is 0.487. The van der Waals surface area contributed by atoms with Gasteiger partial charge in [-0.2, -0.15) is 0 Å². The molecule has 0 saturated carbocycles. The fraction of sp³-hybridized carbons (Fsp3) is 0.474. The van der Waals surface area contributed by atoms with Crippen molar-refractivity contribution in [1.82, 2.24) is 14.9 Å². The van der Waals surface area contributed by atoms with Crippen molar-refractivity contribution in [3.05, 3.63) is 53.9 Å². The lowest BCUT2D eigenvalue weighted by Gasteiger charge is -2.51. The lowest BCUT2D eigenvalue weighted by Crippen LogP contribution is -2.60. The Labute approximate surface area is 145 Å². The van der Waals surface area contributed by atoms with Crippen molar-refractivity contribution in [2.45, 2.75) is 30.8 Å². The van der Waals surface area contributed by atoms with Crippen LogP contribution in [0.5, 0.6) is 0 Å². The summed E-state index contributed by atoms with van der Waals surface area (Å²) >= 11 is 0. The Balaban J connectivity index is 1.59. The van der Waals surface area contributed by atoms with Crippen molar-refractivity contribution in [3.8, 4) is 0 Å². The van der Waals surface area contributed by atoms with Gasteiger partial charge in [-0.25, -0.2) is 18.7 Å². The molecule has 4 saturated heterocycles. The number of rotatable bonds is 2. The van der Waals surface area contributed by atoms with Gasteiger partial charge in [-0.05, 0) is 49.5 Å².